The van der Waals surface area contributed by atoms with Gasteiger partial charge in [-0.2, -0.15) is 0 Å². The second-order valence-electron chi connectivity index (χ2n) is 8.04. The number of hydrogen-bond acceptors (Lipinski definition) is 4. The van der Waals surface area contributed by atoms with E-state index in [1.165, 1.54) is 0 Å². The van der Waals surface area contributed by atoms with E-state index in [1.54, 1.807) is 11.3 Å². The van der Waals surface area contributed by atoms with E-state index in [9.17, 15) is 14.7 Å². The summed E-state index contributed by atoms with van der Waals surface area (Å²) in [4.78, 5) is 31.4. The highest BCUT2D eigenvalue weighted by Crippen LogP contribution is 2.44. The predicted octanol–water partition coefficient (Wildman–Crippen LogP) is 3.19. The first-order valence-electron chi connectivity index (χ1n) is 9.84. The summed E-state index contributed by atoms with van der Waals surface area (Å²) in [5.41, 5.74) is 0.665. The monoisotopic (exact) mass is 398 g/mol. The van der Waals surface area contributed by atoms with Crippen molar-refractivity contribution in [3.63, 3.8) is 0 Å². The molecule has 148 valence electrons. The van der Waals surface area contributed by atoms with E-state index in [-0.39, 0.29) is 29.9 Å². The van der Waals surface area contributed by atoms with Gasteiger partial charge in [0.15, 0.2) is 0 Å². The molecule has 3 heterocycles. The second kappa shape index (κ2) is 7.68. The molecule has 2 aliphatic rings. The van der Waals surface area contributed by atoms with Crippen molar-refractivity contribution in [3.05, 3.63) is 57.8 Å². The summed E-state index contributed by atoms with van der Waals surface area (Å²) in [6.45, 7) is 4.07. The summed E-state index contributed by atoms with van der Waals surface area (Å²) in [7, 11) is 0. The molecular formula is C22H26N2O3S. The molecule has 4 rings (SSSR count). The Morgan fingerprint density at radius 1 is 1.11 bits per heavy atom. The quantitative estimate of drug-likeness (QED) is 0.864. The number of aliphatic hydroxyl groups excluding tert-OH is 1. The van der Waals surface area contributed by atoms with Gasteiger partial charge in [-0.05, 0) is 55.9 Å². The lowest BCUT2D eigenvalue weighted by Gasteiger charge is -2.39. The molecule has 6 heteroatoms. The summed E-state index contributed by atoms with van der Waals surface area (Å²) in [5, 5.41) is 9.88. The lowest BCUT2D eigenvalue weighted by molar-refractivity contribution is 0.0563. The zero-order chi connectivity index (χ0) is 19.7. The molecular weight excluding hydrogens is 372 g/mol. The average Bonchev–Trinajstić information content (AvgIpc) is 3.32. The number of rotatable bonds is 3. The second-order valence-corrected chi connectivity index (χ2v) is 9.33. The molecule has 0 radical (unpaired) electrons. The third-order valence-electron chi connectivity index (χ3n) is 6.17. The minimum atomic E-state index is -0.144. The zero-order valence-electron chi connectivity index (χ0n) is 16.1. The highest BCUT2D eigenvalue weighted by atomic mass is 32.1. The topological polar surface area (TPSA) is 60.9 Å². The van der Waals surface area contributed by atoms with Crippen molar-refractivity contribution in [1.29, 1.82) is 0 Å². The van der Waals surface area contributed by atoms with Gasteiger partial charge in [0.1, 0.15) is 0 Å². The van der Waals surface area contributed by atoms with Crippen LogP contribution in [0.15, 0.2) is 42.5 Å². The molecule has 2 fully saturated rings. The van der Waals surface area contributed by atoms with Gasteiger partial charge >= 0.3 is 0 Å². The van der Waals surface area contributed by atoms with Crippen LogP contribution in [0.1, 0.15) is 44.2 Å². The number of carbonyl (C=O) groups is 2. The molecule has 5 nitrogen and oxygen atoms in total. The first kappa shape index (κ1) is 19.2. The van der Waals surface area contributed by atoms with Crippen LogP contribution in [0.2, 0.25) is 0 Å². The Morgan fingerprint density at radius 3 is 2.43 bits per heavy atom. The third-order valence-corrected chi connectivity index (χ3v) is 7.16. The smallest absolute Gasteiger partial charge is 0.263 e. The van der Waals surface area contributed by atoms with Crippen LogP contribution in [-0.2, 0) is 0 Å². The van der Waals surface area contributed by atoms with Crippen LogP contribution < -0.4 is 0 Å². The molecule has 2 saturated heterocycles. The number of piperidine rings is 1. The molecule has 1 atom stereocenters. The largest absolute Gasteiger partial charge is 0.394 e. The number of thiophene rings is 1. The fraction of sp³-hybridized carbons (Fsp3) is 0.455. The minimum Gasteiger partial charge on any atom is -0.394 e. The van der Waals surface area contributed by atoms with Crippen LogP contribution in [0.4, 0.5) is 0 Å². The first-order valence-corrected chi connectivity index (χ1v) is 10.7. The maximum Gasteiger partial charge on any atom is 0.263 e. The standard InChI is InChI=1S/C22H26N2O3S/c1-16-7-8-19(28-16)21(27)23-11-9-22(10-12-23)13-18(14-25)24(15-22)20(26)17-5-3-2-4-6-17/h2-8,18,25H,9-15H2,1H3. The molecule has 1 unspecified atom stereocenters. The van der Waals surface area contributed by atoms with Crippen LogP contribution >= 0.6 is 11.3 Å². The molecule has 1 N–H and O–H groups in total. The van der Waals surface area contributed by atoms with Gasteiger partial charge < -0.3 is 14.9 Å². The Kier molecular flexibility index (Phi) is 5.25. The Bertz CT molecular complexity index is 856. The fourth-order valence-electron chi connectivity index (χ4n) is 4.56. The van der Waals surface area contributed by atoms with Crippen molar-refractivity contribution >= 4 is 23.2 Å². The lowest BCUT2D eigenvalue weighted by Crippen LogP contribution is -2.44. The average molecular weight is 399 g/mol. The SMILES string of the molecule is Cc1ccc(C(=O)N2CCC3(CC2)CC(CO)N(C(=O)c2ccccc2)C3)s1. The Labute approximate surface area is 169 Å². The summed E-state index contributed by atoms with van der Waals surface area (Å²) in [5.74, 6) is 0.103. The number of carbonyl (C=O) groups excluding carboxylic acids is 2. The molecule has 1 aromatic heterocycles. The molecule has 0 saturated carbocycles. The van der Waals surface area contributed by atoms with Crippen molar-refractivity contribution in [2.75, 3.05) is 26.2 Å². The summed E-state index contributed by atoms with van der Waals surface area (Å²) >= 11 is 1.54. The minimum absolute atomic E-state index is 0.0000164. The number of nitrogens with zero attached hydrogens (tertiary/aromatic N) is 2. The van der Waals surface area contributed by atoms with Gasteiger partial charge in [-0.25, -0.2) is 0 Å². The summed E-state index contributed by atoms with van der Waals surface area (Å²) in [6, 6.07) is 13.0. The number of amides is 2. The van der Waals surface area contributed by atoms with Crippen LogP contribution in [0.3, 0.4) is 0 Å². The highest BCUT2D eigenvalue weighted by molar-refractivity contribution is 7.13. The van der Waals surface area contributed by atoms with Gasteiger partial charge in [0, 0.05) is 30.1 Å². The molecule has 1 spiro atoms. The van der Waals surface area contributed by atoms with Crippen LogP contribution in [0.5, 0.6) is 0 Å². The van der Waals surface area contributed by atoms with E-state index >= 15 is 0 Å². The van der Waals surface area contributed by atoms with Crippen molar-refractivity contribution in [2.24, 2.45) is 5.41 Å². The number of likely N-dealkylation sites (tertiary alicyclic amines) is 2. The highest BCUT2D eigenvalue weighted by Gasteiger charge is 2.47. The van der Waals surface area contributed by atoms with Crippen molar-refractivity contribution in [3.8, 4) is 0 Å². The van der Waals surface area contributed by atoms with E-state index in [1.807, 2.05) is 59.2 Å². The Hall–Kier alpha value is -2.18. The Morgan fingerprint density at radius 2 is 1.82 bits per heavy atom. The molecule has 1 aromatic carbocycles. The first-order chi connectivity index (χ1) is 13.5. The number of aryl methyl sites for hydroxylation is 1. The van der Waals surface area contributed by atoms with Crippen molar-refractivity contribution < 1.29 is 14.7 Å². The van der Waals surface area contributed by atoms with Gasteiger partial charge in [0.2, 0.25) is 0 Å². The molecule has 0 bridgehead atoms. The van der Waals surface area contributed by atoms with Crippen LogP contribution in [-0.4, -0.2) is 59.0 Å². The van der Waals surface area contributed by atoms with Crippen molar-refractivity contribution in [2.45, 2.75) is 32.2 Å². The number of benzene rings is 1. The van der Waals surface area contributed by atoms with E-state index in [4.69, 9.17) is 0 Å². The number of aliphatic hydroxyl groups is 1. The number of hydrogen-bond donors (Lipinski definition) is 1. The van der Waals surface area contributed by atoms with Crippen LogP contribution in [0, 0.1) is 12.3 Å². The molecule has 28 heavy (non-hydrogen) atoms. The zero-order valence-corrected chi connectivity index (χ0v) is 17.0. The third kappa shape index (κ3) is 3.59. The van der Waals surface area contributed by atoms with Gasteiger partial charge in [0.25, 0.3) is 11.8 Å². The van der Waals surface area contributed by atoms with Crippen molar-refractivity contribution in [1.82, 2.24) is 9.80 Å². The van der Waals surface area contributed by atoms with E-state index in [0.717, 1.165) is 29.0 Å². The fourth-order valence-corrected chi connectivity index (χ4v) is 5.40. The summed E-state index contributed by atoms with van der Waals surface area (Å²) < 4.78 is 0. The van der Waals surface area contributed by atoms with Gasteiger partial charge in [-0.1, -0.05) is 18.2 Å². The van der Waals surface area contributed by atoms with E-state index in [2.05, 4.69) is 0 Å². The molecule has 2 aliphatic heterocycles. The predicted molar refractivity (Wildman–Crippen MR) is 110 cm³/mol. The summed E-state index contributed by atoms with van der Waals surface area (Å²) in [6.07, 6.45) is 2.55. The van der Waals surface area contributed by atoms with Gasteiger partial charge in [-0.15, -0.1) is 11.3 Å². The maximum atomic E-state index is 13.0. The lowest BCUT2D eigenvalue weighted by atomic mass is 9.76. The van der Waals surface area contributed by atoms with Gasteiger partial charge in [0.05, 0.1) is 17.5 Å². The molecule has 0 aliphatic carbocycles. The molecule has 2 aromatic rings. The normalized spacial score (nSPS) is 21.3. The van der Waals surface area contributed by atoms with Gasteiger partial charge in [-0.3, -0.25) is 9.59 Å². The van der Waals surface area contributed by atoms with Crippen LogP contribution in [0.25, 0.3) is 0 Å². The van der Waals surface area contributed by atoms with E-state index < -0.39 is 0 Å². The van der Waals surface area contributed by atoms with E-state index in [0.29, 0.717) is 25.2 Å². The Balaban J connectivity index is 1.44. The maximum absolute atomic E-state index is 13.0. The molecule has 2 amide bonds.